The van der Waals surface area contributed by atoms with E-state index in [0.717, 1.165) is 30.2 Å². The van der Waals surface area contributed by atoms with Crippen LogP contribution in [0.25, 0.3) is 5.69 Å². The van der Waals surface area contributed by atoms with Crippen molar-refractivity contribution in [3.63, 3.8) is 0 Å². The predicted octanol–water partition coefficient (Wildman–Crippen LogP) is 2.74. The Morgan fingerprint density at radius 1 is 1.09 bits per heavy atom. The molecule has 2 aromatic heterocycles. The van der Waals surface area contributed by atoms with E-state index in [1.54, 1.807) is 16.7 Å². The first kappa shape index (κ1) is 22.8. The number of carbonyl (C=O) groups is 1. The van der Waals surface area contributed by atoms with Crippen molar-refractivity contribution >= 4 is 23.4 Å². The van der Waals surface area contributed by atoms with Crippen LogP contribution < -0.4 is 17.0 Å². The fourth-order valence-electron chi connectivity index (χ4n) is 3.87. The fraction of sp³-hybridized carbons (Fsp3) is 0.208. The molecule has 0 atom stereocenters. The lowest BCUT2D eigenvalue weighted by molar-refractivity contribution is 0.102. The highest BCUT2D eigenvalue weighted by Gasteiger charge is 2.30. The fourth-order valence-corrected chi connectivity index (χ4v) is 4.71. The SMILES string of the molecule is Nc1c(C(=O)CSc2nnc(Cc3ccccc3)n2-c2ccc(F)cc2)c(=O)[nH]c(=O)n1C1CC1. The molecule has 1 fully saturated rings. The smallest absolute Gasteiger partial charge is 0.330 e. The average molecular weight is 493 g/mol. The maximum Gasteiger partial charge on any atom is 0.330 e. The van der Waals surface area contributed by atoms with E-state index in [-0.39, 0.29) is 29.0 Å². The summed E-state index contributed by atoms with van der Waals surface area (Å²) < 4.78 is 16.6. The molecule has 2 heterocycles. The zero-order valence-corrected chi connectivity index (χ0v) is 19.3. The summed E-state index contributed by atoms with van der Waals surface area (Å²) in [7, 11) is 0. The van der Waals surface area contributed by atoms with Gasteiger partial charge in [0.15, 0.2) is 10.9 Å². The van der Waals surface area contributed by atoms with Gasteiger partial charge in [-0.3, -0.25) is 23.7 Å². The number of nitrogen functional groups attached to an aromatic ring is 1. The largest absolute Gasteiger partial charge is 0.384 e. The number of aromatic nitrogens is 5. The van der Waals surface area contributed by atoms with Crippen LogP contribution in [0.1, 0.15) is 40.6 Å². The molecule has 35 heavy (non-hydrogen) atoms. The van der Waals surface area contributed by atoms with Crippen LogP contribution in [-0.4, -0.2) is 35.9 Å². The van der Waals surface area contributed by atoms with E-state index in [9.17, 15) is 18.8 Å². The number of H-pyrrole nitrogens is 1. The van der Waals surface area contributed by atoms with Gasteiger partial charge in [0.25, 0.3) is 5.56 Å². The summed E-state index contributed by atoms with van der Waals surface area (Å²) >= 11 is 1.08. The maximum atomic E-state index is 13.6. The summed E-state index contributed by atoms with van der Waals surface area (Å²) in [5.74, 6) is -0.562. The van der Waals surface area contributed by atoms with Crippen LogP contribution in [0, 0.1) is 5.82 Å². The Bertz CT molecular complexity index is 1510. The Morgan fingerprint density at radius 2 is 1.80 bits per heavy atom. The van der Waals surface area contributed by atoms with Crippen LogP contribution in [0.15, 0.2) is 69.3 Å². The first-order valence-electron chi connectivity index (χ1n) is 11.0. The van der Waals surface area contributed by atoms with E-state index in [2.05, 4.69) is 15.2 Å². The van der Waals surface area contributed by atoms with Crippen molar-refractivity contribution in [2.45, 2.75) is 30.5 Å². The van der Waals surface area contributed by atoms with Crippen LogP contribution in [0.2, 0.25) is 0 Å². The lowest BCUT2D eigenvalue weighted by atomic mass is 10.1. The third-order valence-electron chi connectivity index (χ3n) is 5.70. The molecular formula is C24H21FN6O3S. The van der Waals surface area contributed by atoms with Crippen molar-refractivity contribution in [2.75, 3.05) is 11.5 Å². The standard InChI is InChI=1S/C24H21FN6O3S/c25-15-6-8-16(9-7-15)30-19(12-14-4-2-1-3-5-14)28-29-24(30)35-13-18(32)20-21(26)31(17-10-11-17)23(34)27-22(20)33/h1-9,17H,10-13,26H2,(H,27,33,34). The number of nitrogens with two attached hydrogens (primary N) is 1. The number of anilines is 1. The molecule has 5 rings (SSSR count). The predicted molar refractivity (Wildman–Crippen MR) is 130 cm³/mol. The molecule has 0 bridgehead atoms. The number of rotatable bonds is 8. The summed E-state index contributed by atoms with van der Waals surface area (Å²) in [5.41, 5.74) is 6.06. The van der Waals surface area contributed by atoms with E-state index in [0.29, 0.717) is 23.1 Å². The van der Waals surface area contributed by atoms with Gasteiger partial charge < -0.3 is 5.73 Å². The molecule has 1 aliphatic rings. The number of benzene rings is 2. The van der Waals surface area contributed by atoms with Gasteiger partial charge in [-0.15, -0.1) is 10.2 Å². The molecule has 0 saturated heterocycles. The number of ketones is 1. The molecular weight excluding hydrogens is 471 g/mol. The van der Waals surface area contributed by atoms with Crippen LogP contribution in [0.5, 0.6) is 0 Å². The van der Waals surface area contributed by atoms with Gasteiger partial charge in [-0.2, -0.15) is 0 Å². The monoisotopic (exact) mass is 492 g/mol. The first-order valence-corrected chi connectivity index (χ1v) is 12.0. The van der Waals surface area contributed by atoms with Crippen molar-refractivity contribution in [3.05, 3.63) is 98.2 Å². The minimum absolute atomic E-state index is 0.0966. The van der Waals surface area contributed by atoms with Gasteiger partial charge in [-0.25, -0.2) is 9.18 Å². The second kappa shape index (κ2) is 9.34. The van der Waals surface area contributed by atoms with Crippen molar-refractivity contribution < 1.29 is 9.18 Å². The minimum atomic E-state index is -0.806. The number of thioether (sulfide) groups is 1. The zero-order chi connectivity index (χ0) is 24.5. The summed E-state index contributed by atoms with van der Waals surface area (Å²) in [4.78, 5) is 39.7. The molecule has 0 radical (unpaired) electrons. The van der Waals surface area contributed by atoms with Gasteiger partial charge in [0.05, 0.1) is 5.75 Å². The molecule has 9 nitrogen and oxygen atoms in total. The van der Waals surface area contributed by atoms with Gasteiger partial charge in [-0.05, 0) is 42.7 Å². The summed E-state index contributed by atoms with van der Waals surface area (Å²) in [6.07, 6.45) is 2.01. The molecule has 178 valence electrons. The van der Waals surface area contributed by atoms with Gasteiger partial charge in [-0.1, -0.05) is 42.1 Å². The number of Topliss-reactive ketones (excluding diaryl/α,β-unsaturated/α-hetero) is 1. The van der Waals surface area contributed by atoms with E-state index in [4.69, 9.17) is 5.73 Å². The lowest BCUT2D eigenvalue weighted by Crippen LogP contribution is -2.36. The summed E-state index contributed by atoms with van der Waals surface area (Å²) in [6.45, 7) is 0. The molecule has 0 amide bonds. The number of nitrogens with one attached hydrogen (secondary N) is 1. The number of hydrogen-bond donors (Lipinski definition) is 2. The zero-order valence-electron chi connectivity index (χ0n) is 18.5. The Labute approximate surface area is 202 Å². The second-order valence-corrected chi connectivity index (χ2v) is 9.15. The van der Waals surface area contributed by atoms with Crippen LogP contribution >= 0.6 is 11.8 Å². The number of halogens is 1. The minimum Gasteiger partial charge on any atom is -0.384 e. The maximum absolute atomic E-state index is 13.6. The van der Waals surface area contributed by atoms with E-state index in [1.807, 2.05) is 30.3 Å². The molecule has 0 unspecified atom stereocenters. The van der Waals surface area contributed by atoms with Crippen molar-refractivity contribution in [1.82, 2.24) is 24.3 Å². The molecule has 2 aromatic carbocycles. The molecule has 0 aliphatic heterocycles. The van der Waals surface area contributed by atoms with Gasteiger partial charge in [0, 0.05) is 18.2 Å². The quantitative estimate of drug-likeness (QED) is 0.286. The van der Waals surface area contributed by atoms with E-state index in [1.165, 1.54) is 16.7 Å². The molecule has 1 aliphatic carbocycles. The van der Waals surface area contributed by atoms with Crippen LogP contribution in [0.4, 0.5) is 10.2 Å². The normalized spacial score (nSPS) is 13.2. The van der Waals surface area contributed by atoms with Crippen molar-refractivity contribution in [2.24, 2.45) is 0 Å². The Balaban J connectivity index is 1.45. The van der Waals surface area contributed by atoms with Gasteiger partial charge >= 0.3 is 5.69 Å². The number of aromatic amines is 1. The van der Waals surface area contributed by atoms with E-state index >= 15 is 0 Å². The highest BCUT2D eigenvalue weighted by molar-refractivity contribution is 7.99. The highest BCUT2D eigenvalue weighted by atomic mass is 32.2. The van der Waals surface area contributed by atoms with Crippen LogP contribution in [-0.2, 0) is 6.42 Å². The second-order valence-electron chi connectivity index (χ2n) is 8.21. The Kier molecular flexibility index (Phi) is 6.08. The third-order valence-corrected chi connectivity index (χ3v) is 6.62. The number of carbonyl (C=O) groups excluding carboxylic acids is 1. The average Bonchev–Trinajstić information content (AvgIpc) is 3.59. The lowest BCUT2D eigenvalue weighted by Gasteiger charge is -2.12. The van der Waals surface area contributed by atoms with Gasteiger partial charge in [0.1, 0.15) is 23.0 Å². The van der Waals surface area contributed by atoms with E-state index < -0.39 is 17.0 Å². The third kappa shape index (κ3) is 4.67. The molecule has 1 saturated carbocycles. The molecule has 11 heteroatoms. The number of nitrogens with zero attached hydrogens (tertiary/aromatic N) is 4. The van der Waals surface area contributed by atoms with Crippen molar-refractivity contribution in [3.8, 4) is 5.69 Å². The summed E-state index contributed by atoms with van der Waals surface area (Å²) in [5, 5.41) is 8.96. The molecule has 4 aromatic rings. The first-order chi connectivity index (χ1) is 16.9. The molecule has 3 N–H and O–H groups in total. The Hall–Kier alpha value is -3.99. The molecule has 0 spiro atoms. The van der Waals surface area contributed by atoms with Crippen molar-refractivity contribution in [1.29, 1.82) is 0 Å². The van der Waals surface area contributed by atoms with Gasteiger partial charge in [0.2, 0.25) is 0 Å². The summed E-state index contributed by atoms with van der Waals surface area (Å²) in [6, 6.07) is 15.5. The highest BCUT2D eigenvalue weighted by Crippen LogP contribution is 2.35. The topological polar surface area (TPSA) is 129 Å². The Morgan fingerprint density at radius 3 is 2.49 bits per heavy atom. The van der Waals surface area contributed by atoms with Crippen LogP contribution in [0.3, 0.4) is 0 Å². The number of hydrogen-bond acceptors (Lipinski definition) is 7.